The Balaban J connectivity index is 1.42. The summed E-state index contributed by atoms with van der Waals surface area (Å²) < 4.78 is 5.07. The van der Waals surface area contributed by atoms with Crippen LogP contribution in [0.4, 0.5) is 15.3 Å². The normalized spacial score (nSPS) is 18.4. The van der Waals surface area contributed by atoms with Crippen molar-refractivity contribution in [3.63, 3.8) is 0 Å². The molecule has 2 aliphatic rings. The quantitative estimate of drug-likeness (QED) is 0.863. The van der Waals surface area contributed by atoms with Crippen molar-refractivity contribution in [2.75, 3.05) is 51.2 Å². The van der Waals surface area contributed by atoms with Crippen LogP contribution in [0.5, 0.6) is 0 Å². The minimum atomic E-state index is -0.217. The molecule has 28 heavy (non-hydrogen) atoms. The zero-order valence-electron chi connectivity index (χ0n) is 16.3. The summed E-state index contributed by atoms with van der Waals surface area (Å²) in [6, 6.07) is 9.27. The number of carbonyl (C=O) groups excluding carboxylic acids is 2. The topological polar surface area (TPSA) is 88.9 Å². The van der Waals surface area contributed by atoms with Crippen molar-refractivity contribution < 1.29 is 14.3 Å². The van der Waals surface area contributed by atoms with E-state index >= 15 is 0 Å². The lowest BCUT2D eigenvalue weighted by molar-refractivity contribution is 0.0581. The van der Waals surface area contributed by atoms with E-state index in [1.54, 1.807) is 29.2 Å². The Morgan fingerprint density at radius 2 is 1.71 bits per heavy atom. The van der Waals surface area contributed by atoms with Crippen LogP contribution in [0.1, 0.15) is 25.3 Å². The number of likely N-dealkylation sites (tertiary alicyclic amines) is 1. The smallest absolute Gasteiger partial charge is 0.409 e. The van der Waals surface area contributed by atoms with Gasteiger partial charge < -0.3 is 19.9 Å². The number of nitriles is 1. The van der Waals surface area contributed by atoms with Gasteiger partial charge in [-0.1, -0.05) is 0 Å². The third-order valence-electron chi connectivity index (χ3n) is 5.37. The minimum Gasteiger partial charge on any atom is -0.450 e. The van der Waals surface area contributed by atoms with Crippen LogP contribution >= 0.6 is 0 Å². The number of hydrogen-bond acceptors (Lipinski definition) is 5. The van der Waals surface area contributed by atoms with Crippen LogP contribution in [-0.4, -0.2) is 78.7 Å². The lowest BCUT2D eigenvalue weighted by atomic mass is 10.0. The molecule has 0 bridgehead atoms. The molecule has 3 rings (SSSR count). The summed E-state index contributed by atoms with van der Waals surface area (Å²) in [6.45, 7) is 6.72. The molecule has 2 fully saturated rings. The fraction of sp³-hybridized carbons (Fsp3) is 0.550. The minimum absolute atomic E-state index is 0.110. The molecule has 0 atom stereocenters. The second-order valence-electron chi connectivity index (χ2n) is 7.06. The summed E-state index contributed by atoms with van der Waals surface area (Å²) in [5, 5.41) is 11.7. The monoisotopic (exact) mass is 385 g/mol. The number of rotatable bonds is 3. The van der Waals surface area contributed by atoms with Crippen LogP contribution in [-0.2, 0) is 4.74 Å². The molecule has 0 aliphatic carbocycles. The van der Waals surface area contributed by atoms with Crippen LogP contribution in [0.25, 0.3) is 0 Å². The standard InChI is InChI=1S/C20H27N5O3/c1-2-28-20(27)25-9-7-18(8-10-25)23-11-13-24(14-12-23)19(26)22-17-5-3-16(15-21)4-6-17/h3-6,18H,2,7-14H2,1H3,(H,22,26). The first kappa shape index (κ1) is 20.0. The number of hydrogen-bond donors (Lipinski definition) is 1. The maximum atomic E-state index is 12.5. The Kier molecular flexibility index (Phi) is 6.71. The first-order chi connectivity index (χ1) is 13.6. The molecule has 0 spiro atoms. The highest BCUT2D eigenvalue weighted by molar-refractivity contribution is 5.89. The molecule has 2 aliphatic heterocycles. The van der Waals surface area contributed by atoms with E-state index in [-0.39, 0.29) is 12.1 Å². The first-order valence-corrected chi connectivity index (χ1v) is 9.82. The van der Waals surface area contributed by atoms with Crippen molar-refractivity contribution in [2.24, 2.45) is 0 Å². The van der Waals surface area contributed by atoms with E-state index in [1.807, 2.05) is 11.8 Å². The lowest BCUT2D eigenvalue weighted by Crippen LogP contribution is -2.55. The Hall–Kier alpha value is -2.79. The summed E-state index contributed by atoms with van der Waals surface area (Å²) in [7, 11) is 0. The molecule has 1 aromatic carbocycles. The third kappa shape index (κ3) is 4.93. The van der Waals surface area contributed by atoms with Crippen molar-refractivity contribution in [1.29, 1.82) is 5.26 Å². The Labute approximate surface area is 165 Å². The van der Waals surface area contributed by atoms with Gasteiger partial charge in [-0.15, -0.1) is 0 Å². The molecule has 0 radical (unpaired) electrons. The van der Waals surface area contributed by atoms with Gasteiger partial charge in [0.05, 0.1) is 18.2 Å². The number of piperazine rings is 1. The summed E-state index contributed by atoms with van der Waals surface area (Å²) >= 11 is 0. The average Bonchev–Trinajstić information content (AvgIpc) is 2.74. The summed E-state index contributed by atoms with van der Waals surface area (Å²) in [4.78, 5) is 30.3. The van der Waals surface area contributed by atoms with Crippen LogP contribution in [0, 0.1) is 11.3 Å². The molecular formula is C20H27N5O3. The van der Waals surface area contributed by atoms with Gasteiger partial charge in [-0.3, -0.25) is 4.90 Å². The second-order valence-corrected chi connectivity index (χ2v) is 7.06. The summed E-state index contributed by atoms with van der Waals surface area (Å²) in [5.74, 6) is 0. The van der Waals surface area contributed by atoms with E-state index in [4.69, 9.17) is 10.00 Å². The fourth-order valence-electron chi connectivity index (χ4n) is 3.75. The molecule has 0 unspecified atom stereocenters. The lowest BCUT2D eigenvalue weighted by Gasteiger charge is -2.42. The molecule has 2 heterocycles. The van der Waals surface area contributed by atoms with Gasteiger partial charge in [0.2, 0.25) is 0 Å². The van der Waals surface area contributed by atoms with Crippen LogP contribution < -0.4 is 5.32 Å². The SMILES string of the molecule is CCOC(=O)N1CCC(N2CCN(C(=O)Nc3ccc(C#N)cc3)CC2)CC1. The molecular weight excluding hydrogens is 358 g/mol. The molecule has 8 heteroatoms. The van der Waals surface area contributed by atoms with E-state index < -0.39 is 0 Å². The largest absolute Gasteiger partial charge is 0.450 e. The van der Waals surface area contributed by atoms with Crippen molar-refractivity contribution in [2.45, 2.75) is 25.8 Å². The fourth-order valence-corrected chi connectivity index (χ4v) is 3.75. The van der Waals surface area contributed by atoms with Crippen LogP contribution in [0.3, 0.4) is 0 Å². The zero-order valence-corrected chi connectivity index (χ0v) is 16.3. The predicted octanol–water partition coefficient (Wildman–Crippen LogP) is 2.33. The molecule has 150 valence electrons. The van der Waals surface area contributed by atoms with Gasteiger partial charge in [-0.25, -0.2) is 9.59 Å². The Morgan fingerprint density at radius 1 is 1.07 bits per heavy atom. The highest BCUT2D eigenvalue weighted by Gasteiger charge is 2.30. The maximum Gasteiger partial charge on any atom is 0.409 e. The molecule has 0 saturated carbocycles. The average molecular weight is 385 g/mol. The number of urea groups is 1. The molecule has 1 N–H and O–H groups in total. The van der Waals surface area contributed by atoms with Gasteiger partial charge in [0.15, 0.2) is 0 Å². The van der Waals surface area contributed by atoms with Crippen LogP contribution in [0.15, 0.2) is 24.3 Å². The number of anilines is 1. The predicted molar refractivity (Wildman–Crippen MR) is 105 cm³/mol. The van der Waals surface area contributed by atoms with Gasteiger partial charge in [-0.2, -0.15) is 5.26 Å². The van der Waals surface area contributed by atoms with E-state index in [0.29, 0.717) is 37.0 Å². The molecule has 2 saturated heterocycles. The highest BCUT2D eigenvalue weighted by Crippen LogP contribution is 2.19. The maximum absolute atomic E-state index is 12.5. The van der Waals surface area contributed by atoms with Crippen molar-refractivity contribution in [3.8, 4) is 6.07 Å². The van der Waals surface area contributed by atoms with Gasteiger partial charge >= 0.3 is 12.1 Å². The number of amides is 3. The first-order valence-electron chi connectivity index (χ1n) is 9.82. The van der Waals surface area contributed by atoms with Crippen LogP contribution in [0.2, 0.25) is 0 Å². The summed E-state index contributed by atoms with van der Waals surface area (Å²) in [5.41, 5.74) is 1.26. The summed E-state index contributed by atoms with van der Waals surface area (Å²) in [6.07, 6.45) is 1.66. The number of nitrogens with one attached hydrogen (secondary N) is 1. The van der Waals surface area contributed by atoms with Crippen molar-refractivity contribution >= 4 is 17.8 Å². The van der Waals surface area contributed by atoms with Gasteiger partial charge in [0.1, 0.15) is 0 Å². The number of nitrogens with zero attached hydrogens (tertiary/aromatic N) is 4. The highest BCUT2D eigenvalue weighted by atomic mass is 16.6. The van der Waals surface area contributed by atoms with Gasteiger partial charge in [0, 0.05) is 51.0 Å². The van der Waals surface area contributed by atoms with E-state index in [2.05, 4.69) is 16.3 Å². The second kappa shape index (κ2) is 9.42. The zero-order chi connectivity index (χ0) is 19.9. The molecule has 1 aromatic rings. The Bertz CT molecular complexity index is 714. The molecule has 8 nitrogen and oxygen atoms in total. The molecule has 0 aromatic heterocycles. The number of piperidine rings is 1. The van der Waals surface area contributed by atoms with E-state index in [1.165, 1.54) is 0 Å². The van der Waals surface area contributed by atoms with Gasteiger partial charge in [0.25, 0.3) is 0 Å². The Morgan fingerprint density at radius 3 is 2.29 bits per heavy atom. The third-order valence-corrected chi connectivity index (χ3v) is 5.37. The van der Waals surface area contributed by atoms with E-state index in [0.717, 1.165) is 39.0 Å². The number of carbonyl (C=O) groups is 2. The number of ether oxygens (including phenoxy) is 1. The molecule has 3 amide bonds. The van der Waals surface area contributed by atoms with Crippen molar-refractivity contribution in [3.05, 3.63) is 29.8 Å². The van der Waals surface area contributed by atoms with Gasteiger partial charge in [-0.05, 0) is 44.0 Å². The van der Waals surface area contributed by atoms with Crippen molar-refractivity contribution in [1.82, 2.24) is 14.7 Å². The number of benzene rings is 1. The van der Waals surface area contributed by atoms with E-state index in [9.17, 15) is 9.59 Å².